The van der Waals surface area contributed by atoms with Crippen molar-refractivity contribution in [3.63, 3.8) is 0 Å². The molecule has 0 unspecified atom stereocenters. The largest absolute Gasteiger partial charge is 0.383 e. The van der Waals surface area contributed by atoms with Crippen LogP contribution in [0.25, 0.3) is 6.08 Å². The standard InChI is InChI=1S/C10H11FN2OS/c1-7(14)15-4-2-3-8-5-9(11)6-13-10(8)12/h2-3,5-6H,4H2,1H3,(H2,12,13). The van der Waals surface area contributed by atoms with Crippen LogP contribution in [0.15, 0.2) is 18.3 Å². The van der Waals surface area contributed by atoms with Gasteiger partial charge in [-0.25, -0.2) is 9.37 Å². The van der Waals surface area contributed by atoms with Gasteiger partial charge in [-0.1, -0.05) is 23.9 Å². The first-order chi connectivity index (χ1) is 7.09. The second-order valence-electron chi connectivity index (χ2n) is 2.83. The third-order valence-corrected chi connectivity index (χ3v) is 2.36. The molecule has 0 aliphatic carbocycles. The molecule has 0 radical (unpaired) electrons. The van der Waals surface area contributed by atoms with Crippen LogP contribution in [0.1, 0.15) is 12.5 Å². The van der Waals surface area contributed by atoms with E-state index < -0.39 is 5.82 Å². The van der Waals surface area contributed by atoms with Gasteiger partial charge in [-0.2, -0.15) is 0 Å². The Balaban J connectivity index is 2.63. The minimum Gasteiger partial charge on any atom is -0.383 e. The van der Waals surface area contributed by atoms with E-state index in [4.69, 9.17) is 5.73 Å². The van der Waals surface area contributed by atoms with E-state index in [9.17, 15) is 9.18 Å². The van der Waals surface area contributed by atoms with Crippen LogP contribution in [-0.4, -0.2) is 15.9 Å². The molecule has 1 aromatic rings. The van der Waals surface area contributed by atoms with Crippen LogP contribution in [0.3, 0.4) is 0 Å². The lowest BCUT2D eigenvalue weighted by Gasteiger charge is -1.98. The molecule has 0 atom stereocenters. The highest BCUT2D eigenvalue weighted by Gasteiger charge is 1.98. The number of halogens is 1. The Bertz CT molecular complexity index is 393. The molecule has 0 aromatic carbocycles. The van der Waals surface area contributed by atoms with Gasteiger partial charge in [0, 0.05) is 18.2 Å². The summed E-state index contributed by atoms with van der Waals surface area (Å²) < 4.78 is 12.8. The topological polar surface area (TPSA) is 56.0 Å². The van der Waals surface area contributed by atoms with Gasteiger partial charge in [-0.05, 0) is 6.07 Å². The summed E-state index contributed by atoms with van der Waals surface area (Å²) >= 11 is 1.18. The van der Waals surface area contributed by atoms with E-state index in [0.29, 0.717) is 11.3 Å². The summed E-state index contributed by atoms with van der Waals surface area (Å²) in [5.74, 6) is 0.397. The zero-order valence-corrected chi connectivity index (χ0v) is 9.05. The molecule has 0 aliphatic rings. The summed E-state index contributed by atoms with van der Waals surface area (Å²) in [5.41, 5.74) is 6.06. The SMILES string of the molecule is CC(=O)SCC=Cc1cc(F)cnc1N. The first-order valence-corrected chi connectivity index (χ1v) is 5.29. The highest BCUT2D eigenvalue weighted by atomic mass is 32.2. The fourth-order valence-electron chi connectivity index (χ4n) is 0.940. The smallest absolute Gasteiger partial charge is 0.186 e. The van der Waals surface area contributed by atoms with Gasteiger partial charge < -0.3 is 5.73 Å². The van der Waals surface area contributed by atoms with E-state index in [-0.39, 0.29) is 10.9 Å². The fourth-order valence-corrected chi connectivity index (χ4v) is 1.37. The monoisotopic (exact) mass is 226 g/mol. The minimum atomic E-state index is -0.428. The number of nitrogens with zero attached hydrogens (tertiary/aromatic N) is 1. The number of anilines is 1. The Hall–Kier alpha value is -1.36. The number of nitrogens with two attached hydrogens (primary N) is 1. The first kappa shape index (κ1) is 11.7. The van der Waals surface area contributed by atoms with Crippen molar-refractivity contribution in [3.05, 3.63) is 29.7 Å². The van der Waals surface area contributed by atoms with Crippen LogP contribution in [0, 0.1) is 5.82 Å². The van der Waals surface area contributed by atoms with Gasteiger partial charge in [-0.15, -0.1) is 0 Å². The number of rotatable bonds is 3. The van der Waals surface area contributed by atoms with Crippen LogP contribution in [0.5, 0.6) is 0 Å². The number of nitrogen functional groups attached to an aromatic ring is 1. The Morgan fingerprint density at radius 2 is 2.47 bits per heavy atom. The molecular weight excluding hydrogens is 215 g/mol. The maximum atomic E-state index is 12.8. The zero-order valence-electron chi connectivity index (χ0n) is 8.24. The lowest BCUT2D eigenvalue weighted by Crippen LogP contribution is -1.94. The van der Waals surface area contributed by atoms with Gasteiger partial charge in [0.25, 0.3) is 0 Å². The Labute approximate surface area is 91.6 Å². The molecule has 1 heterocycles. The molecule has 0 aliphatic heterocycles. The quantitative estimate of drug-likeness (QED) is 0.857. The molecule has 0 saturated carbocycles. The maximum Gasteiger partial charge on any atom is 0.186 e. The lowest BCUT2D eigenvalue weighted by molar-refractivity contribution is -0.109. The van der Waals surface area contributed by atoms with Gasteiger partial charge in [0.1, 0.15) is 11.6 Å². The van der Waals surface area contributed by atoms with Crippen LogP contribution >= 0.6 is 11.8 Å². The zero-order chi connectivity index (χ0) is 11.3. The summed E-state index contributed by atoms with van der Waals surface area (Å²) in [7, 11) is 0. The highest BCUT2D eigenvalue weighted by molar-refractivity contribution is 8.13. The average Bonchev–Trinajstić information content (AvgIpc) is 2.17. The predicted octanol–water partition coefficient (Wildman–Crippen LogP) is 2.10. The summed E-state index contributed by atoms with van der Waals surface area (Å²) in [5, 5.41) is 0.0463. The van der Waals surface area contributed by atoms with Crippen molar-refractivity contribution in [2.75, 3.05) is 11.5 Å². The molecule has 0 spiro atoms. The van der Waals surface area contributed by atoms with Gasteiger partial charge in [-0.3, -0.25) is 4.79 Å². The first-order valence-electron chi connectivity index (χ1n) is 4.30. The molecule has 3 nitrogen and oxygen atoms in total. The summed E-state index contributed by atoms with van der Waals surface area (Å²) in [6, 6.07) is 1.30. The van der Waals surface area contributed by atoms with Gasteiger partial charge in [0.05, 0.1) is 6.20 Å². The van der Waals surface area contributed by atoms with E-state index in [1.807, 2.05) is 0 Å². The second kappa shape index (κ2) is 5.50. The fraction of sp³-hybridized carbons (Fsp3) is 0.200. The van der Waals surface area contributed by atoms with Crippen molar-refractivity contribution in [1.29, 1.82) is 0 Å². The van der Waals surface area contributed by atoms with Crippen LogP contribution < -0.4 is 5.73 Å². The molecule has 0 bridgehead atoms. The number of pyridine rings is 1. The lowest BCUT2D eigenvalue weighted by atomic mass is 10.2. The maximum absolute atomic E-state index is 12.8. The Morgan fingerprint density at radius 3 is 3.13 bits per heavy atom. The van der Waals surface area contributed by atoms with Crippen molar-refractivity contribution in [1.82, 2.24) is 4.98 Å². The van der Waals surface area contributed by atoms with Crippen LogP contribution in [-0.2, 0) is 4.79 Å². The van der Waals surface area contributed by atoms with Gasteiger partial charge in [0.15, 0.2) is 5.12 Å². The molecular formula is C10H11FN2OS. The molecule has 2 N–H and O–H groups in total. The minimum absolute atomic E-state index is 0.0463. The van der Waals surface area contributed by atoms with E-state index in [1.165, 1.54) is 24.8 Å². The molecule has 0 amide bonds. The normalized spacial score (nSPS) is 10.8. The average molecular weight is 226 g/mol. The van der Waals surface area contributed by atoms with E-state index in [0.717, 1.165) is 6.20 Å². The Kier molecular flexibility index (Phi) is 4.30. The molecule has 15 heavy (non-hydrogen) atoms. The molecule has 0 fully saturated rings. The summed E-state index contributed by atoms with van der Waals surface area (Å²) in [6.07, 6.45) is 4.47. The van der Waals surface area contributed by atoms with Crippen molar-refractivity contribution < 1.29 is 9.18 Å². The number of carbonyl (C=O) groups excluding carboxylic acids is 1. The van der Waals surface area contributed by atoms with Gasteiger partial charge in [0.2, 0.25) is 0 Å². The van der Waals surface area contributed by atoms with E-state index in [1.54, 1.807) is 12.2 Å². The van der Waals surface area contributed by atoms with E-state index >= 15 is 0 Å². The molecule has 5 heteroatoms. The van der Waals surface area contributed by atoms with Gasteiger partial charge >= 0.3 is 0 Å². The second-order valence-corrected chi connectivity index (χ2v) is 4.03. The predicted molar refractivity (Wildman–Crippen MR) is 60.8 cm³/mol. The Morgan fingerprint density at radius 1 is 1.73 bits per heavy atom. The number of aromatic nitrogens is 1. The third-order valence-electron chi connectivity index (χ3n) is 1.60. The number of hydrogen-bond acceptors (Lipinski definition) is 4. The highest BCUT2D eigenvalue weighted by Crippen LogP contribution is 2.12. The number of hydrogen-bond donors (Lipinski definition) is 1. The van der Waals surface area contributed by atoms with E-state index in [2.05, 4.69) is 4.98 Å². The van der Waals surface area contributed by atoms with Crippen LogP contribution in [0.2, 0.25) is 0 Å². The van der Waals surface area contributed by atoms with Crippen molar-refractivity contribution in [2.45, 2.75) is 6.92 Å². The molecule has 0 saturated heterocycles. The summed E-state index contributed by atoms with van der Waals surface area (Å²) in [4.78, 5) is 14.3. The van der Waals surface area contributed by atoms with Crippen LogP contribution in [0.4, 0.5) is 10.2 Å². The molecule has 80 valence electrons. The summed E-state index contributed by atoms with van der Waals surface area (Å²) in [6.45, 7) is 1.50. The molecule has 1 rings (SSSR count). The third kappa shape index (κ3) is 4.12. The number of carbonyl (C=O) groups is 1. The molecule has 1 aromatic heterocycles. The number of thioether (sulfide) groups is 1. The van der Waals surface area contributed by atoms with Crippen molar-refractivity contribution in [2.24, 2.45) is 0 Å². The van der Waals surface area contributed by atoms with Crippen molar-refractivity contribution in [3.8, 4) is 0 Å². The van der Waals surface area contributed by atoms with Crippen molar-refractivity contribution >= 4 is 28.8 Å².